The molecule has 1 aromatic carbocycles. The van der Waals surface area contributed by atoms with Gasteiger partial charge < -0.3 is 9.47 Å². The molecule has 3 heterocycles. The van der Waals surface area contributed by atoms with Gasteiger partial charge >= 0.3 is 0 Å². The van der Waals surface area contributed by atoms with Crippen molar-refractivity contribution >= 4 is 17.1 Å². The lowest BCUT2D eigenvalue weighted by Gasteiger charge is -2.30. The second kappa shape index (κ2) is 5.76. The fraction of sp³-hybridized carbons (Fsp3) is 0.316. The number of thiophene rings is 1. The normalized spacial score (nSPS) is 16.5. The Kier molecular flexibility index (Phi) is 3.70. The maximum atomic E-state index is 12.6. The summed E-state index contributed by atoms with van der Waals surface area (Å²) in [5.41, 5.74) is 3.53. The highest BCUT2D eigenvalue weighted by atomic mass is 32.1. The van der Waals surface area contributed by atoms with Crippen LogP contribution in [0.4, 0.5) is 0 Å². The molecule has 2 aliphatic rings. The van der Waals surface area contributed by atoms with Crippen molar-refractivity contribution in [2.24, 2.45) is 0 Å². The molecule has 0 saturated carbocycles. The monoisotopic (exact) mass is 341 g/mol. The summed E-state index contributed by atoms with van der Waals surface area (Å²) in [6.07, 6.45) is 0. The number of nitrogens with zero attached hydrogens (tertiary/aromatic N) is 1. The predicted molar refractivity (Wildman–Crippen MR) is 93.6 cm³/mol. The first-order valence-corrected chi connectivity index (χ1v) is 8.86. The van der Waals surface area contributed by atoms with Crippen LogP contribution in [-0.4, -0.2) is 17.4 Å². The number of benzene rings is 1. The molecule has 0 fully saturated rings. The topological polar surface area (TPSA) is 38.8 Å². The van der Waals surface area contributed by atoms with Crippen LogP contribution in [0.3, 0.4) is 0 Å². The van der Waals surface area contributed by atoms with E-state index in [4.69, 9.17) is 9.47 Å². The van der Waals surface area contributed by atoms with Crippen molar-refractivity contribution in [1.29, 1.82) is 0 Å². The van der Waals surface area contributed by atoms with Crippen LogP contribution in [-0.2, 0) is 13.1 Å². The van der Waals surface area contributed by atoms with Crippen LogP contribution in [0.25, 0.3) is 0 Å². The summed E-state index contributed by atoms with van der Waals surface area (Å²) >= 11 is 1.75. The van der Waals surface area contributed by atoms with Crippen LogP contribution in [0.15, 0.2) is 34.9 Å². The molecule has 0 aliphatic carbocycles. The number of carbonyl (C=O) groups is 1. The van der Waals surface area contributed by atoms with Gasteiger partial charge in [-0.2, -0.15) is 0 Å². The van der Waals surface area contributed by atoms with Crippen LogP contribution in [0.1, 0.15) is 40.2 Å². The SMILES string of the molecule is CC(C)=C1Oc2c(cc3c(c2C)OCN(Cc2cccs2)C3)C1=O. The van der Waals surface area contributed by atoms with Gasteiger partial charge in [-0.05, 0) is 43.9 Å². The standard InChI is InChI=1S/C19H19NO3S/c1-11(2)17-16(21)15-7-13-8-20(9-14-5-4-6-24-14)10-22-18(13)12(3)19(15)23-17/h4-7H,8-10H2,1-3H3. The first-order valence-electron chi connectivity index (χ1n) is 7.98. The molecule has 1 aromatic heterocycles. The van der Waals surface area contributed by atoms with E-state index in [0.29, 0.717) is 23.8 Å². The summed E-state index contributed by atoms with van der Waals surface area (Å²) in [6, 6.07) is 6.13. The van der Waals surface area contributed by atoms with Crippen molar-refractivity contribution in [3.63, 3.8) is 0 Å². The van der Waals surface area contributed by atoms with E-state index in [1.165, 1.54) is 4.88 Å². The number of fused-ring (bicyclic) bond motifs is 2. The lowest BCUT2D eigenvalue weighted by Crippen LogP contribution is -2.31. The van der Waals surface area contributed by atoms with Gasteiger partial charge in [0, 0.05) is 29.1 Å². The van der Waals surface area contributed by atoms with Gasteiger partial charge in [0.2, 0.25) is 5.78 Å². The van der Waals surface area contributed by atoms with Crippen LogP contribution >= 0.6 is 11.3 Å². The summed E-state index contributed by atoms with van der Waals surface area (Å²) in [6.45, 7) is 7.94. The zero-order valence-electron chi connectivity index (χ0n) is 14.0. The van der Waals surface area contributed by atoms with Gasteiger partial charge in [-0.25, -0.2) is 0 Å². The van der Waals surface area contributed by atoms with E-state index in [1.54, 1.807) is 11.3 Å². The molecule has 124 valence electrons. The molecule has 0 unspecified atom stereocenters. The Bertz CT molecular complexity index is 848. The Morgan fingerprint density at radius 1 is 1.33 bits per heavy atom. The smallest absolute Gasteiger partial charge is 0.231 e. The zero-order chi connectivity index (χ0) is 16.8. The van der Waals surface area contributed by atoms with E-state index < -0.39 is 0 Å². The fourth-order valence-electron chi connectivity index (χ4n) is 3.24. The van der Waals surface area contributed by atoms with Crippen LogP contribution < -0.4 is 9.47 Å². The third kappa shape index (κ3) is 2.44. The molecule has 0 amide bonds. The molecular weight excluding hydrogens is 322 g/mol. The molecule has 0 bridgehead atoms. The largest absolute Gasteiger partial charge is 0.477 e. The van der Waals surface area contributed by atoms with Gasteiger partial charge in [0.15, 0.2) is 5.76 Å². The van der Waals surface area contributed by atoms with E-state index in [9.17, 15) is 4.79 Å². The number of hydrogen-bond donors (Lipinski definition) is 0. The van der Waals surface area contributed by atoms with Crippen molar-refractivity contribution in [3.05, 3.63) is 56.5 Å². The molecule has 5 heteroatoms. The highest BCUT2D eigenvalue weighted by molar-refractivity contribution is 7.09. The third-order valence-corrected chi connectivity index (χ3v) is 5.25. The van der Waals surface area contributed by atoms with E-state index in [-0.39, 0.29) is 5.78 Å². The average Bonchev–Trinajstić information content (AvgIpc) is 3.16. The van der Waals surface area contributed by atoms with Gasteiger partial charge in [0.25, 0.3) is 0 Å². The minimum atomic E-state index is -0.0220. The van der Waals surface area contributed by atoms with Crippen molar-refractivity contribution in [3.8, 4) is 11.5 Å². The first-order chi connectivity index (χ1) is 11.5. The number of rotatable bonds is 2. The zero-order valence-corrected chi connectivity index (χ0v) is 14.8. The predicted octanol–water partition coefficient (Wildman–Crippen LogP) is 4.28. The second-order valence-corrected chi connectivity index (χ2v) is 7.50. The summed E-state index contributed by atoms with van der Waals surface area (Å²) < 4.78 is 11.8. The van der Waals surface area contributed by atoms with Crippen LogP contribution in [0.2, 0.25) is 0 Å². The Morgan fingerprint density at radius 3 is 2.88 bits per heavy atom. The number of allylic oxidation sites excluding steroid dienone is 2. The Labute approximate surface area is 145 Å². The van der Waals surface area contributed by atoms with E-state index in [0.717, 1.165) is 35.5 Å². The number of Topliss-reactive ketones (excluding diaryl/α,β-unsaturated/α-hetero) is 1. The summed E-state index contributed by atoms with van der Waals surface area (Å²) in [5.74, 6) is 1.94. The van der Waals surface area contributed by atoms with Crippen molar-refractivity contribution in [2.75, 3.05) is 6.73 Å². The molecule has 0 atom stereocenters. The summed E-state index contributed by atoms with van der Waals surface area (Å²) in [7, 11) is 0. The molecule has 0 saturated heterocycles. The van der Waals surface area contributed by atoms with E-state index >= 15 is 0 Å². The summed E-state index contributed by atoms with van der Waals surface area (Å²) in [4.78, 5) is 16.1. The molecule has 2 aliphatic heterocycles. The Hall–Kier alpha value is -2.11. The first kappa shape index (κ1) is 15.4. The van der Waals surface area contributed by atoms with Crippen molar-refractivity contribution < 1.29 is 14.3 Å². The number of ether oxygens (including phenoxy) is 2. The number of ketones is 1. The second-order valence-electron chi connectivity index (χ2n) is 6.47. The van der Waals surface area contributed by atoms with E-state index in [1.807, 2.05) is 26.8 Å². The average molecular weight is 341 g/mol. The van der Waals surface area contributed by atoms with Gasteiger partial charge in [0.1, 0.15) is 18.2 Å². The van der Waals surface area contributed by atoms with Gasteiger partial charge in [-0.1, -0.05) is 6.07 Å². The minimum Gasteiger partial charge on any atom is -0.477 e. The number of hydrogen-bond acceptors (Lipinski definition) is 5. The minimum absolute atomic E-state index is 0.0220. The lowest BCUT2D eigenvalue weighted by molar-refractivity contribution is 0.0886. The molecular formula is C19H19NO3S. The molecule has 0 N–H and O–H groups in total. The Morgan fingerprint density at radius 2 is 2.17 bits per heavy atom. The van der Waals surface area contributed by atoms with Crippen molar-refractivity contribution in [1.82, 2.24) is 4.90 Å². The summed E-state index contributed by atoms with van der Waals surface area (Å²) in [5, 5.41) is 2.09. The highest BCUT2D eigenvalue weighted by Gasteiger charge is 2.34. The fourth-order valence-corrected chi connectivity index (χ4v) is 3.98. The van der Waals surface area contributed by atoms with Gasteiger partial charge in [-0.3, -0.25) is 9.69 Å². The lowest BCUT2D eigenvalue weighted by atomic mass is 10.00. The maximum absolute atomic E-state index is 12.6. The van der Waals surface area contributed by atoms with Gasteiger partial charge in [-0.15, -0.1) is 11.3 Å². The quantitative estimate of drug-likeness (QED) is 0.765. The molecule has 4 rings (SSSR count). The molecule has 2 aromatic rings. The number of carbonyl (C=O) groups excluding carboxylic acids is 1. The molecule has 24 heavy (non-hydrogen) atoms. The van der Waals surface area contributed by atoms with Crippen molar-refractivity contribution in [2.45, 2.75) is 33.9 Å². The highest BCUT2D eigenvalue weighted by Crippen LogP contribution is 2.43. The van der Waals surface area contributed by atoms with Gasteiger partial charge in [0.05, 0.1) is 5.56 Å². The third-order valence-electron chi connectivity index (χ3n) is 4.39. The Balaban J connectivity index is 1.68. The maximum Gasteiger partial charge on any atom is 0.231 e. The molecule has 0 radical (unpaired) electrons. The van der Waals surface area contributed by atoms with Crippen LogP contribution in [0, 0.1) is 6.92 Å². The van der Waals surface area contributed by atoms with Crippen LogP contribution in [0.5, 0.6) is 11.5 Å². The molecule has 4 nitrogen and oxygen atoms in total. The van der Waals surface area contributed by atoms with E-state index in [2.05, 4.69) is 22.4 Å². The molecule has 0 spiro atoms.